The highest BCUT2D eigenvalue weighted by atomic mass is 19.1. The van der Waals surface area contributed by atoms with Gasteiger partial charge in [-0.15, -0.1) is 0 Å². The molecule has 35 heavy (non-hydrogen) atoms. The average molecular weight is 481 g/mol. The third-order valence-corrected chi connectivity index (χ3v) is 6.51. The van der Waals surface area contributed by atoms with Gasteiger partial charge in [-0.2, -0.15) is 0 Å². The molecule has 0 aliphatic carbocycles. The number of nitrogens with one attached hydrogen (secondary N) is 1. The molecule has 2 aromatic carbocycles. The second-order valence-corrected chi connectivity index (χ2v) is 9.18. The van der Waals surface area contributed by atoms with E-state index in [9.17, 15) is 18.8 Å². The third kappa shape index (κ3) is 5.96. The minimum absolute atomic E-state index is 0.0417. The van der Waals surface area contributed by atoms with E-state index in [0.717, 1.165) is 5.56 Å². The van der Waals surface area contributed by atoms with E-state index in [1.807, 2.05) is 20.8 Å². The summed E-state index contributed by atoms with van der Waals surface area (Å²) in [5.74, 6) is -1.78. The number of amides is 2. The highest BCUT2D eigenvalue weighted by Crippen LogP contribution is 2.38. The second kappa shape index (κ2) is 11.3. The van der Waals surface area contributed by atoms with E-state index in [1.54, 1.807) is 56.3 Å². The standard InChI is InChI=1S/C28H33FN2O4/c1-6-35-28(34)26-19(5)31(25(32)15-23(26)22-9-7-8-10-24(22)29)16-20-11-13-21(14-12-20)27(33)30-18(4)17(2)3/h7-14,17-18,23H,6,15-16H2,1-5H3,(H,30,33). The molecule has 0 saturated heterocycles. The molecule has 1 aliphatic rings. The van der Waals surface area contributed by atoms with E-state index in [2.05, 4.69) is 5.32 Å². The van der Waals surface area contributed by atoms with Crippen LogP contribution in [0.25, 0.3) is 0 Å². The van der Waals surface area contributed by atoms with Gasteiger partial charge in [-0.1, -0.05) is 44.2 Å². The van der Waals surface area contributed by atoms with Gasteiger partial charge >= 0.3 is 5.97 Å². The quantitative estimate of drug-likeness (QED) is 0.543. The predicted molar refractivity (Wildman–Crippen MR) is 132 cm³/mol. The van der Waals surface area contributed by atoms with Gasteiger partial charge < -0.3 is 15.0 Å². The van der Waals surface area contributed by atoms with E-state index in [0.29, 0.717) is 22.7 Å². The molecular formula is C28H33FN2O4. The molecule has 1 aliphatic heterocycles. The molecule has 2 unspecified atom stereocenters. The Morgan fingerprint density at radius 1 is 1.11 bits per heavy atom. The van der Waals surface area contributed by atoms with Crippen molar-refractivity contribution in [3.63, 3.8) is 0 Å². The highest BCUT2D eigenvalue weighted by molar-refractivity contribution is 5.96. The molecule has 1 heterocycles. The van der Waals surface area contributed by atoms with Gasteiger partial charge in [0.2, 0.25) is 5.91 Å². The third-order valence-electron chi connectivity index (χ3n) is 6.51. The fraction of sp³-hybridized carbons (Fsp3) is 0.393. The average Bonchev–Trinajstić information content (AvgIpc) is 2.82. The van der Waals surface area contributed by atoms with Crippen molar-refractivity contribution in [3.8, 4) is 0 Å². The number of halogens is 1. The molecule has 0 radical (unpaired) electrons. The van der Waals surface area contributed by atoms with Crippen LogP contribution in [0.15, 0.2) is 59.8 Å². The Kier molecular flexibility index (Phi) is 8.43. The summed E-state index contributed by atoms with van der Waals surface area (Å²) in [7, 11) is 0. The van der Waals surface area contributed by atoms with Crippen molar-refractivity contribution >= 4 is 17.8 Å². The Balaban J connectivity index is 1.88. The maximum atomic E-state index is 14.6. The summed E-state index contributed by atoms with van der Waals surface area (Å²) in [6, 6.07) is 13.3. The topological polar surface area (TPSA) is 75.7 Å². The van der Waals surface area contributed by atoms with Crippen molar-refractivity contribution in [1.29, 1.82) is 0 Å². The Morgan fingerprint density at radius 3 is 2.37 bits per heavy atom. The van der Waals surface area contributed by atoms with Gasteiger partial charge in [0.05, 0.1) is 18.7 Å². The molecule has 0 spiro atoms. The molecule has 1 N–H and O–H groups in total. The monoisotopic (exact) mass is 480 g/mol. The Hall–Kier alpha value is -3.48. The molecule has 6 nitrogen and oxygen atoms in total. The van der Waals surface area contributed by atoms with Gasteiger partial charge in [0.1, 0.15) is 5.82 Å². The second-order valence-electron chi connectivity index (χ2n) is 9.18. The van der Waals surface area contributed by atoms with Crippen molar-refractivity contribution in [2.45, 2.75) is 59.5 Å². The number of nitrogens with zero attached hydrogens (tertiary/aromatic N) is 1. The minimum Gasteiger partial charge on any atom is -0.463 e. The van der Waals surface area contributed by atoms with Crippen LogP contribution in [0.4, 0.5) is 4.39 Å². The van der Waals surface area contributed by atoms with E-state index in [-0.39, 0.29) is 43.0 Å². The van der Waals surface area contributed by atoms with Gasteiger partial charge in [-0.05, 0) is 56.0 Å². The summed E-state index contributed by atoms with van der Waals surface area (Å²) in [6.45, 7) is 9.84. The molecule has 2 amide bonds. The van der Waals surface area contributed by atoms with E-state index in [4.69, 9.17) is 4.74 Å². The number of carbonyl (C=O) groups excluding carboxylic acids is 3. The van der Waals surface area contributed by atoms with Gasteiger partial charge in [0.15, 0.2) is 0 Å². The molecule has 0 saturated carbocycles. The van der Waals surface area contributed by atoms with Crippen LogP contribution in [0.3, 0.4) is 0 Å². The fourth-order valence-corrected chi connectivity index (χ4v) is 4.10. The molecule has 0 aromatic heterocycles. The summed E-state index contributed by atoms with van der Waals surface area (Å²) in [5.41, 5.74) is 2.37. The lowest BCUT2D eigenvalue weighted by atomic mass is 9.83. The Bertz CT molecular complexity index is 1120. The van der Waals surface area contributed by atoms with Gasteiger partial charge in [-0.3, -0.25) is 9.59 Å². The number of allylic oxidation sites excluding steroid dienone is 1. The Labute approximate surface area is 206 Å². The molecule has 186 valence electrons. The smallest absolute Gasteiger partial charge is 0.336 e. The van der Waals surface area contributed by atoms with Crippen LogP contribution >= 0.6 is 0 Å². The normalized spacial score (nSPS) is 16.9. The zero-order valence-electron chi connectivity index (χ0n) is 20.9. The minimum atomic E-state index is -0.715. The van der Waals surface area contributed by atoms with Crippen LogP contribution in [-0.2, 0) is 20.9 Å². The molecule has 0 fully saturated rings. The number of rotatable bonds is 8. The van der Waals surface area contributed by atoms with Crippen LogP contribution in [0.1, 0.15) is 68.4 Å². The van der Waals surface area contributed by atoms with Crippen LogP contribution in [0, 0.1) is 11.7 Å². The largest absolute Gasteiger partial charge is 0.463 e. The molecule has 3 rings (SSSR count). The first kappa shape index (κ1) is 26.1. The van der Waals surface area contributed by atoms with Crippen LogP contribution in [-0.4, -0.2) is 35.3 Å². The van der Waals surface area contributed by atoms with Crippen molar-refractivity contribution in [1.82, 2.24) is 10.2 Å². The molecule has 2 atom stereocenters. The van der Waals surface area contributed by atoms with Crippen molar-refractivity contribution in [2.24, 2.45) is 5.92 Å². The van der Waals surface area contributed by atoms with Crippen LogP contribution in [0.5, 0.6) is 0 Å². The van der Waals surface area contributed by atoms with E-state index >= 15 is 0 Å². The summed E-state index contributed by atoms with van der Waals surface area (Å²) in [6.07, 6.45) is -0.0417. The first-order valence-electron chi connectivity index (χ1n) is 12.0. The maximum Gasteiger partial charge on any atom is 0.336 e. The summed E-state index contributed by atoms with van der Waals surface area (Å²) >= 11 is 0. The number of esters is 1. The SMILES string of the molecule is CCOC(=O)C1=C(C)N(Cc2ccc(C(=O)NC(C)C(C)C)cc2)C(=O)CC1c1ccccc1F. The van der Waals surface area contributed by atoms with Crippen molar-refractivity contribution in [2.75, 3.05) is 6.61 Å². The fourth-order valence-electron chi connectivity index (χ4n) is 4.10. The van der Waals surface area contributed by atoms with Gasteiger partial charge in [0.25, 0.3) is 5.91 Å². The molecule has 2 aromatic rings. The zero-order valence-corrected chi connectivity index (χ0v) is 20.9. The lowest BCUT2D eigenvalue weighted by Crippen LogP contribution is -2.38. The molecule has 7 heteroatoms. The summed E-state index contributed by atoms with van der Waals surface area (Å²) < 4.78 is 19.9. The number of ether oxygens (including phenoxy) is 1. The van der Waals surface area contributed by atoms with Crippen LogP contribution < -0.4 is 5.32 Å². The van der Waals surface area contributed by atoms with Crippen molar-refractivity contribution < 1.29 is 23.5 Å². The van der Waals surface area contributed by atoms with Gasteiger partial charge in [-0.25, -0.2) is 9.18 Å². The molecule has 0 bridgehead atoms. The van der Waals surface area contributed by atoms with Crippen molar-refractivity contribution in [3.05, 3.63) is 82.3 Å². The predicted octanol–water partition coefficient (Wildman–Crippen LogP) is 4.95. The van der Waals surface area contributed by atoms with E-state index in [1.165, 1.54) is 11.0 Å². The first-order valence-corrected chi connectivity index (χ1v) is 12.0. The lowest BCUT2D eigenvalue weighted by molar-refractivity contribution is -0.140. The van der Waals surface area contributed by atoms with Gasteiger partial charge in [0, 0.05) is 29.6 Å². The lowest BCUT2D eigenvalue weighted by Gasteiger charge is -2.34. The summed E-state index contributed by atoms with van der Waals surface area (Å²) in [5, 5.41) is 2.97. The first-order chi connectivity index (χ1) is 16.6. The number of carbonyl (C=O) groups is 3. The number of hydrogen-bond donors (Lipinski definition) is 1. The molecular weight excluding hydrogens is 447 g/mol. The van der Waals surface area contributed by atoms with Crippen LogP contribution in [0.2, 0.25) is 0 Å². The van der Waals surface area contributed by atoms with E-state index < -0.39 is 17.7 Å². The maximum absolute atomic E-state index is 14.6. The highest BCUT2D eigenvalue weighted by Gasteiger charge is 2.37. The number of benzene rings is 2. The summed E-state index contributed by atoms with van der Waals surface area (Å²) in [4.78, 5) is 40.0. The number of hydrogen-bond acceptors (Lipinski definition) is 4. The zero-order chi connectivity index (χ0) is 25.7. The Morgan fingerprint density at radius 2 is 1.77 bits per heavy atom.